The van der Waals surface area contributed by atoms with Crippen LogP contribution in [0.5, 0.6) is 0 Å². The van der Waals surface area contributed by atoms with Gasteiger partial charge in [0.25, 0.3) is 0 Å². The Morgan fingerprint density at radius 2 is 1.29 bits per heavy atom. The lowest BCUT2D eigenvalue weighted by atomic mass is 10.0. The normalized spacial score (nSPS) is 9.83. The number of halogens is 2. The topological polar surface area (TPSA) is 55.3 Å². The van der Waals surface area contributed by atoms with Crippen molar-refractivity contribution in [1.82, 2.24) is 4.90 Å². The summed E-state index contributed by atoms with van der Waals surface area (Å²) in [6.45, 7) is 8.83. The lowest BCUT2D eigenvalue weighted by Crippen LogP contribution is -2.32. The molecule has 0 aliphatic carbocycles. The predicted octanol–water partition coefficient (Wildman–Crippen LogP) is 5.10. The minimum Gasteiger partial charge on any atom is -0.399 e. The van der Waals surface area contributed by atoms with E-state index in [1.807, 2.05) is 48.5 Å². The van der Waals surface area contributed by atoms with Crippen molar-refractivity contribution in [3.05, 3.63) is 48.5 Å². The molecule has 2 rings (SSSR count). The molecule has 0 atom stereocenters. The van der Waals surface area contributed by atoms with Crippen LogP contribution in [0.15, 0.2) is 48.5 Å². The van der Waals surface area contributed by atoms with E-state index in [9.17, 15) is 0 Å². The highest BCUT2D eigenvalue weighted by Gasteiger charge is 2.05. The van der Waals surface area contributed by atoms with E-state index < -0.39 is 0 Å². The molecular formula is C19H31Cl2N3. The number of rotatable bonds is 3. The molecule has 0 aliphatic heterocycles. The number of nitrogens with zero attached hydrogens (tertiary/aromatic N) is 1. The largest absolute Gasteiger partial charge is 0.399 e. The van der Waals surface area contributed by atoms with Crippen LogP contribution in [0.3, 0.4) is 0 Å². The molecule has 0 bridgehead atoms. The zero-order chi connectivity index (χ0) is 16.7. The summed E-state index contributed by atoms with van der Waals surface area (Å²) in [5.74, 6) is 0. The third-order valence-corrected chi connectivity index (χ3v) is 3.79. The Hall–Kier alpha value is -1.42. The van der Waals surface area contributed by atoms with Crippen molar-refractivity contribution in [3.63, 3.8) is 0 Å². The molecule has 0 radical (unpaired) electrons. The van der Waals surface area contributed by atoms with E-state index >= 15 is 0 Å². The van der Waals surface area contributed by atoms with Gasteiger partial charge >= 0.3 is 0 Å². The highest BCUT2D eigenvalue weighted by atomic mass is 35.5. The SMILES string of the molecule is CC(C)N(C)C(C)C.Cl.Cl.Nc1ccc(N)c(-c2ccccc2)c1. The van der Waals surface area contributed by atoms with Gasteiger partial charge in [0.05, 0.1) is 0 Å². The molecule has 5 heteroatoms. The van der Waals surface area contributed by atoms with E-state index in [1.165, 1.54) is 0 Å². The molecule has 2 aromatic rings. The summed E-state index contributed by atoms with van der Waals surface area (Å²) in [5, 5.41) is 0. The first-order valence-corrected chi connectivity index (χ1v) is 7.75. The van der Waals surface area contributed by atoms with Crippen LogP contribution in [0.4, 0.5) is 11.4 Å². The molecule has 0 heterocycles. The molecule has 24 heavy (non-hydrogen) atoms. The molecule has 136 valence electrons. The van der Waals surface area contributed by atoms with Crippen molar-refractivity contribution < 1.29 is 0 Å². The molecule has 0 fully saturated rings. The van der Waals surface area contributed by atoms with Crippen LogP contribution in [0.1, 0.15) is 27.7 Å². The number of benzene rings is 2. The second-order valence-electron chi connectivity index (χ2n) is 6.07. The monoisotopic (exact) mass is 371 g/mol. The molecule has 2 aromatic carbocycles. The van der Waals surface area contributed by atoms with Gasteiger partial charge in [0.2, 0.25) is 0 Å². The van der Waals surface area contributed by atoms with Gasteiger partial charge in [-0.05, 0) is 58.5 Å². The summed E-state index contributed by atoms with van der Waals surface area (Å²) in [5.41, 5.74) is 15.2. The molecule has 0 unspecified atom stereocenters. The molecule has 4 N–H and O–H groups in total. The highest BCUT2D eigenvalue weighted by Crippen LogP contribution is 2.27. The summed E-state index contributed by atoms with van der Waals surface area (Å²) in [4.78, 5) is 2.33. The second-order valence-corrected chi connectivity index (χ2v) is 6.07. The van der Waals surface area contributed by atoms with Crippen LogP contribution in [0.25, 0.3) is 11.1 Å². The van der Waals surface area contributed by atoms with Crippen molar-refractivity contribution in [2.45, 2.75) is 39.8 Å². The first-order valence-electron chi connectivity index (χ1n) is 7.75. The third-order valence-electron chi connectivity index (χ3n) is 3.79. The number of nitrogen functional groups attached to an aromatic ring is 2. The molecule has 0 aliphatic rings. The summed E-state index contributed by atoms with van der Waals surface area (Å²) in [6.07, 6.45) is 0. The van der Waals surface area contributed by atoms with Gasteiger partial charge in [0, 0.05) is 29.0 Å². The Morgan fingerprint density at radius 3 is 1.71 bits per heavy atom. The quantitative estimate of drug-likeness (QED) is 0.738. The Kier molecular flexibility index (Phi) is 12.4. The molecule has 0 spiro atoms. The first kappa shape index (κ1) is 24.8. The van der Waals surface area contributed by atoms with Crippen molar-refractivity contribution in [2.75, 3.05) is 18.5 Å². The lowest BCUT2D eigenvalue weighted by Gasteiger charge is -2.24. The Bertz CT molecular complexity index is 564. The maximum absolute atomic E-state index is 5.87. The van der Waals surface area contributed by atoms with Gasteiger partial charge in [-0.25, -0.2) is 0 Å². The number of anilines is 2. The van der Waals surface area contributed by atoms with Gasteiger partial charge in [-0.2, -0.15) is 0 Å². The number of nitrogens with two attached hydrogens (primary N) is 2. The molecular weight excluding hydrogens is 341 g/mol. The van der Waals surface area contributed by atoms with E-state index in [0.29, 0.717) is 12.1 Å². The van der Waals surface area contributed by atoms with Crippen LogP contribution in [0.2, 0.25) is 0 Å². The predicted molar refractivity (Wildman–Crippen MR) is 113 cm³/mol. The van der Waals surface area contributed by atoms with E-state index in [1.54, 1.807) is 0 Å². The third kappa shape index (κ3) is 7.91. The Labute approximate surface area is 159 Å². The van der Waals surface area contributed by atoms with Crippen LogP contribution >= 0.6 is 24.8 Å². The van der Waals surface area contributed by atoms with Gasteiger partial charge in [-0.15, -0.1) is 24.8 Å². The van der Waals surface area contributed by atoms with Gasteiger partial charge in [-0.1, -0.05) is 30.3 Å². The standard InChI is InChI=1S/C12H12N2.C7H17N.2ClH/c13-10-6-7-12(14)11(8-10)9-4-2-1-3-5-9;1-6(2)8(5)7(3)4;;/h1-8H,13-14H2;6-7H,1-5H3;2*1H. The van der Waals surface area contributed by atoms with Crippen LogP contribution in [0, 0.1) is 0 Å². The smallest absolute Gasteiger partial charge is 0.0395 e. The van der Waals surface area contributed by atoms with Gasteiger partial charge in [-0.3, -0.25) is 0 Å². The van der Waals surface area contributed by atoms with Gasteiger partial charge < -0.3 is 16.4 Å². The van der Waals surface area contributed by atoms with Crippen molar-refractivity contribution in [3.8, 4) is 11.1 Å². The maximum Gasteiger partial charge on any atom is 0.0395 e. The zero-order valence-electron chi connectivity index (χ0n) is 15.2. The van der Waals surface area contributed by atoms with E-state index in [4.69, 9.17) is 11.5 Å². The summed E-state index contributed by atoms with van der Waals surface area (Å²) < 4.78 is 0. The zero-order valence-corrected chi connectivity index (χ0v) is 16.8. The van der Waals surface area contributed by atoms with Crippen LogP contribution < -0.4 is 11.5 Å². The summed E-state index contributed by atoms with van der Waals surface area (Å²) in [7, 11) is 2.15. The number of hydrogen-bond donors (Lipinski definition) is 2. The summed E-state index contributed by atoms with van der Waals surface area (Å²) in [6, 6.07) is 16.9. The van der Waals surface area contributed by atoms with E-state index in [-0.39, 0.29) is 24.8 Å². The Balaban J connectivity index is 0. The average molecular weight is 372 g/mol. The minimum absolute atomic E-state index is 0. The van der Waals surface area contributed by atoms with E-state index in [2.05, 4.69) is 39.6 Å². The second kappa shape index (κ2) is 12.0. The van der Waals surface area contributed by atoms with Gasteiger partial charge in [0.15, 0.2) is 0 Å². The van der Waals surface area contributed by atoms with Gasteiger partial charge in [0.1, 0.15) is 0 Å². The van der Waals surface area contributed by atoms with Crippen LogP contribution in [-0.2, 0) is 0 Å². The molecule has 0 aromatic heterocycles. The highest BCUT2D eigenvalue weighted by molar-refractivity contribution is 5.85. The van der Waals surface area contributed by atoms with Crippen molar-refractivity contribution in [2.24, 2.45) is 0 Å². The fourth-order valence-electron chi connectivity index (χ4n) is 2.04. The molecule has 0 amide bonds. The van der Waals surface area contributed by atoms with Crippen molar-refractivity contribution >= 4 is 36.2 Å². The molecule has 0 saturated heterocycles. The minimum atomic E-state index is 0. The lowest BCUT2D eigenvalue weighted by molar-refractivity contribution is 0.222. The fourth-order valence-corrected chi connectivity index (χ4v) is 2.04. The average Bonchev–Trinajstić information content (AvgIpc) is 2.50. The molecule has 3 nitrogen and oxygen atoms in total. The summed E-state index contributed by atoms with van der Waals surface area (Å²) >= 11 is 0. The number of hydrogen-bond acceptors (Lipinski definition) is 3. The Morgan fingerprint density at radius 1 is 0.792 bits per heavy atom. The first-order chi connectivity index (χ1) is 10.3. The van der Waals surface area contributed by atoms with E-state index in [0.717, 1.165) is 22.5 Å². The van der Waals surface area contributed by atoms with Crippen molar-refractivity contribution in [1.29, 1.82) is 0 Å². The maximum atomic E-state index is 5.87. The van der Waals surface area contributed by atoms with Crippen LogP contribution in [-0.4, -0.2) is 24.0 Å². The fraction of sp³-hybridized carbons (Fsp3) is 0.368. The molecule has 0 saturated carbocycles.